The van der Waals surface area contributed by atoms with Crippen molar-refractivity contribution in [1.29, 1.82) is 0 Å². The van der Waals surface area contributed by atoms with E-state index >= 15 is 0 Å². The zero-order chi connectivity index (χ0) is 20.3. The molecule has 0 unspecified atom stereocenters. The van der Waals surface area contributed by atoms with Crippen molar-refractivity contribution in [3.8, 4) is 0 Å². The summed E-state index contributed by atoms with van der Waals surface area (Å²) in [5.41, 5.74) is 4.15. The summed E-state index contributed by atoms with van der Waals surface area (Å²) in [6.07, 6.45) is 4.53. The van der Waals surface area contributed by atoms with E-state index in [1.165, 1.54) is 29.7 Å². The second kappa shape index (κ2) is 9.43. The summed E-state index contributed by atoms with van der Waals surface area (Å²) >= 11 is 0. The minimum atomic E-state index is 0.259. The zero-order valence-corrected chi connectivity index (χ0v) is 18.7. The van der Waals surface area contributed by atoms with Gasteiger partial charge in [-0.2, -0.15) is 0 Å². The Morgan fingerprint density at radius 1 is 1.00 bits per heavy atom. The first-order valence-electron chi connectivity index (χ1n) is 11.5. The molecule has 0 aromatic heterocycles. The third-order valence-corrected chi connectivity index (χ3v) is 7.15. The molecule has 2 saturated heterocycles. The lowest BCUT2D eigenvalue weighted by atomic mass is 9.86. The van der Waals surface area contributed by atoms with Crippen LogP contribution < -0.4 is 4.90 Å². The molecule has 2 aliphatic rings. The van der Waals surface area contributed by atoms with Crippen molar-refractivity contribution in [3.05, 3.63) is 29.3 Å². The largest absolute Gasteiger partial charge is 0.371 e. The van der Waals surface area contributed by atoms with Crippen LogP contribution in [-0.4, -0.2) is 43.4 Å². The smallest absolute Gasteiger partial charge is 0.150 e. The van der Waals surface area contributed by atoms with Gasteiger partial charge >= 0.3 is 0 Å². The lowest BCUT2D eigenvalue weighted by molar-refractivity contribution is -0.125. The lowest BCUT2D eigenvalue weighted by Crippen LogP contribution is -2.43. The first-order chi connectivity index (χ1) is 13.3. The van der Waals surface area contributed by atoms with Gasteiger partial charge in [0.2, 0.25) is 0 Å². The zero-order valence-electron chi connectivity index (χ0n) is 18.7. The molecule has 156 valence electrons. The van der Waals surface area contributed by atoms with Crippen LogP contribution in [0.5, 0.6) is 0 Å². The average molecular weight is 385 g/mol. The number of aryl methyl sites for hydroxylation is 1. The molecule has 0 N–H and O–H groups in total. The van der Waals surface area contributed by atoms with Crippen LogP contribution in [0.3, 0.4) is 0 Å². The Morgan fingerprint density at radius 3 is 2.18 bits per heavy atom. The molecule has 0 aliphatic carbocycles. The Morgan fingerprint density at radius 2 is 1.64 bits per heavy atom. The van der Waals surface area contributed by atoms with Crippen LogP contribution >= 0.6 is 0 Å². The SMILES string of the molecule is Cc1cc(N2CCC(C(=O)CN3CCC(C(C)C)CC3)CC2)ccc1C(C)C. The molecule has 0 spiro atoms. The number of hydrogen-bond acceptors (Lipinski definition) is 3. The minimum Gasteiger partial charge on any atom is -0.371 e. The molecule has 3 nitrogen and oxygen atoms in total. The number of Topliss-reactive ketones (excluding diaryl/α,β-unsaturated/α-hetero) is 1. The van der Waals surface area contributed by atoms with E-state index in [-0.39, 0.29) is 5.92 Å². The molecule has 2 fully saturated rings. The fourth-order valence-electron chi connectivity index (χ4n) is 5.09. The molecule has 0 amide bonds. The maximum atomic E-state index is 12.8. The van der Waals surface area contributed by atoms with Gasteiger partial charge in [-0.05, 0) is 86.7 Å². The predicted octanol–water partition coefficient (Wildman–Crippen LogP) is 5.27. The summed E-state index contributed by atoms with van der Waals surface area (Å²) in [6.45, 7) is 16.3. The van der Waals surface area contributed by atoms with E-state index in [2.05, 4.69) is 62.6 Å². The fourth-order valence-corrected chi connectivity index (χ4v) is 5.09. The summed E-state index contributed by atoms with van der Waals surface area (Å²) in [7, 11) is 0. The van der Waals surface area contributed by atoms with Gasteiger partial charge in [0, 0.05) is 24.7 Å². The van der Waals surface area contributed by atoms with Crippen molar-refractivity contribution in [1.82, 2.24) is 4.90 Å². The molecule has 0 atom stereocenters. The quantitative estimate of drug-likeness (QED) is 0.667. The van der Waals surface area contributed by atoms with Crippen LogP contribution in [0.15, 0.2) is 18.2 Å². The standard InChI is InChI=1S/C25H40N2O/c1-18(2)21-8-12-26(13-9-21)17-25(28)22-10-14-27(15-11-22)23-6-7-24(19(3)4)20(5)16-23/h6-7,16,18-19,21-22H,8-15,17H2,1-5H3. The lowest BCUT2D eigenvalue weighted by Gasteiger charge is -2.36. The van der Waals surface area contributed by atoms with Gasteiger partial charge in [-0.25, -0.2) is 0 Å². The van der Waals surface area contributed by atoms with Gasteiger partial charge in [0.15, 0.2) is 0 Å². The van der Waals surface area contributed by atoms with E-state index in [4.69, 9.17) is 0 Å². The molecule has 0 saturated carbocycles. The topological polar surface area (TPSA) is 23.6 Å². The van der Waals surface area contributed by atoms with Crippen LogP contribution in [0, 0.1) is 24.7 Å². The summed E-state index contributed by atoms with van der Waals surface area (Å²) in [6, 6.07) is 6.88. The highest BCUT2D eigenvalue weighted by molar-refractivity contribution is 5.83. The highest BCUT2D eigenvalue weighted by atomic mass is 16.1. The second-order valence-electron chi connectivity index (χ2n) is 9.78. The van der Waals surface area contributed by atoms with E-state index in [0.29, 0.717) is 18.2 Å². The van der Waals surface area contributed by atoms with Crippen molar-refractivity contribution >= 4 is 11.5 Å². The summed E-state index contributed by atoms with van der Waals surface area (Å²) < 4.78 is 0. The van der Waals surface area contributed by atoms with Crippen LogP contribution in [-0.2, 0) is 4.79 Å². The van der Waals surface area contributed by atoms with E-state index in [9.17, 15) is 4.79 Å². The Hall–Kier alpha value is -1.35. The van der Waals surface area contributed by atoms with Gasteiger partial charge in [0.05, 0.1) is 6.54 Å². The molecular formula is C25H40N2O. The molecule has 3 heteroatoms. The molecule has 2 aliphatic heterocycles. The van der Waals surface area contributed by atoms with Crippen LogP contribution in [0.4, 0.5) is 5.69 Å². The second-order valence-corrected chi connectivity index (χ2v) is 9.78. The van der Waals surface area contributed by atoms with Crippen molar-refractivity contribution in [2.45, 2.75) is 66.2 Å². The number of carbonyl (C=O) groups is 1. The summed E-state index contributed by atoms with van der Waals surface area (Å²) in [5.74, 6) is 2.94. The number of anilines is 1. The van der Waals surface area contributed by atoms with E-state index in [1.54, 1.807) is 0 Å². The molecule has 0 radical (unpaired) electrons. The third kappa shape index (κ3) is 5.17. The molecule has 0 bridgehead atoms. The van der Waals surface area contributed by atoms with Crippen LogP contribution in [0.2, 0.25) is 0 Å². The number of nitrogens with zero attached hydrogens (tertiary/aromatic N) is 2. The maximum Gasteiger partial charge on any atom is 0.150 e. The molecule has 1 aromatic rings. The van der Waals surface area contributed by atoms with Gasteiger partial charge in [-0.1, -0.05) is 33.8 Å². The number of rotatable bonds is 6. The monoisotopic (exact) mass is 384 g/mol. The Labute approximate surface area is 172 Å². The molecule has 1 aromatic carbocycles. The summed E-state index contributed by atoms with van der Waals surface area (Å²) in [5, 5.41) is 0. The molecular weight excluding hydrogens is 344 g/mol. The number of likely N-dealkylation sites (tertiary alicyclic amines) is 1. The van der Waals surface area contributed by atoms with Gasteiger partial charge in [-0.3, -0.25) is 9.69 Å². The van der Waals surface area contributed by atoms with Gasteiger partial charge in [-0.15, -0.1) is 0 Å². The molecule has 2 heterocycles. The van der Waals surface area contributed by atoms with E-state index < -0.39 is 0 Å². The van der Waals surface area contributed by atoms with Gasteiger partial charge in [0.25, 0.3) is 0 Å². The third-order valence-electron chi connectivity index (χ3n) is 7.15. The van der Waals surface area contributed by atoms with Crippen molar-refractivity contribution in [2.24, 2.45) is 17.8 Å². The first kappa shape index (κ1) is 21.4. The molecule has 28 heavy (non-hydrogen) atoms. The van der Waals surface area contributed by atoms with Crippen LogP contribution in [0.1, 0.15) is 70.4 Å². The average Bonchev–Trinajstić information content (AvgIpc) is 2.68. The summed E-state index contributed by atoms with van der Waals surface area (Å²) in [4.78, 5) is 17.7. The number of hydrogen-bond donors (Lipinski definition) is 0. The maximum absolute atomic E-state index is 12.8. The highest BCUT2D eigenvalue weighted by Crippen LogP contribution is 2.29. The molecule has 3 rings (SSSR count). The number of ketones is 1. The van der Waals surface area contributed by atoms with Crippen molar-refractivity contribution in [2.75, 3.05) is 37.6 Å². The number of carbonyl (C=O) groups excluding carboxylic acids is 1. The van der Waals surface area contributed by atoms with Gasteiger partial charge < -0.3 is 4.90 Å². The highest BCUT2D eigenvalue weighted by Gasteiger charge is 2.28. The van der Waals surface area contributed by atoms with E-state index in [0.717, 1.165) is 50.9 Å². The Bertz CT molecular complexity index is 651. The van der Waals surface area contributed by atoms with Crippen molar-refractivity contribution in [3.63, 3.8) is 0 Å². The van der Waals surface area contributed by atoms with Gasteiger partial charge in [0.1, 0.15) is 5.78 Å². The van der Waals surface area contributed by atoms with E-state index in [1.807, 2.05) is 0 Å². The number of benzene rings is 1. The normalized spacial score (nSPS) is 20.3. The fraction of sp³-hybridized carbons (Fsp3) is 0.720. The Balaban J connectivity index is 1.47. The first-order valence-corrected chi connectivity index (χ1v) is 11.5. The predicted molar refractivity (Wildman–Crippen MR) is 119 cm³/mol. The Kier molecular flexibility index (Phi) is 7.20. The number of piperidine rings is 2. The minimum absolute atomic E-state index is 0.259. The van der Waals surface area contributed by atoms with Crippen molar-refractivity contribution < 1.29 is 4.79 Å². The van der Waals surface area contributed by atoms with Crippen LogP contribution in [0.25, 0.3) is 0 Å².